The van der Waals surface area contributed by atoms with Crippen molar-refractivity contribution in [1.82, 2.24) is 5.32 Å². The lowest BCUT2D eigenvalue weighted by Crippen LogP contribution is -2.54. The largest absolute Gasteiger partial charge is 0.360 e. The zero-order chi connectivity index (χ0) is 25.8. The predicted octanol–water partition coefficient (Wildman–Crippen LogP) is 5.85. The summed E-state index contributed by atoms with van der Waals surface area (Å²) < 4.78 is 0. The van der Waals surface area contributed by atoms with Crippen LogP contribution < -0.4 is 15.1 Å². The number of carbonyl (C=O) groups is 2. The van der Waals surface area contributed by atoms with Gasteiger partial charge in [0.1, 0.15) is 5.57 Å². The SMILES string of the molecule is CC1=CC(C)(C)N(C(C)C)c2cc(C)c(/C=C3\C(=O)NC(=S)N(c4cc(C)cc(C)c4)C3=O)cc21. The Labute approximate surface area is 213 Å². The molecule has 0 aliphatic carbocycles. The molecule has 2 aliphatic rings. The average molecular weight is 488 g/mol. The molecule has 0 bridgehead atoms. The lowest BCUT2D eigenvalue weighted by Gasteiger charge is -2.46. The molecule has 35 heavy (non-hydrogen) atoms. The fourth-order valence-electron chi connectivity index (χ4n) is 5.44. The van der Waals surface area contributed by atoms with Gasteiger partial charge >= 0.3 is 0 Å². The van der Waals surface area contributed by atoms with Crippen molar-refractivity contribution in [2.75, 3.05) is 9.80 Å². The zero-order valence-corrected chi connectivity index (χ0v) is 22.6. The highest BCUT2D eigenvalue weighted by molar-refractivity contribution is 7.80. The minimum atomic E-state index is -0.477. The first kappa shape index (κ1) is 24.9. The van der Waals surface area contributed by atoms with Crippen molar-refractivity contribution in [3.8, 4) is 0 Å². The molecule has 182 valence electrons. The molecule has 1 fully saturated rings. The number of hydrogen-bond donors (Lipinski definition) is 1. The first-order valence-corrected chi connectivity index (χ1v) is 12.3. The number of allylic oxidation sites excluding steroid dienone is 1. The van der Waals surface area contributed by atoms with Gasteiger partial charge < -0.3 is 4.90 Å². The summed E-state index contributed by atoms with van der Waals surface area (Å²) in [5.74, 6) is -0.895. The Hall–Kier alpha value is -3.25. The van der Waals surface area contributed by atoms with E-state index in [0.717, 1.165) is 27.8 Å². The van der Waals surface area contributed by atoms with Crippen molar-refractivity contribution in [1.29, 1.82) is 0 Å². The second kappa shape index (κ2) is 8.76. The van der Waals surface area contributed by atoms with Gasteiger partial charge in [-0.05, 0) is 126 Å². The molecule has 0 spiro atoms. The summed E-state index contributed by atoms with van der Waals surface area (Å²) in [5.41, 5.74) is 7.94. The van der Waals surface area contributed by atoms with Crippen molar-refractivity contribution < 1.29 is 9.59 Å². The average Bonchev–Trinajstić information content (AvgIpc) is 2.69. The number of benzene rings is 2. The van der Waals surface area contributed by atoms with Gasteiger partial charge in [0, 0.05) is 17.3 Å². The fourth-order valence-corrected chi connectivity index (χ4v) is 5.72. The topological polar surface area (TPSA) is 52.7 Å². The standard InChI is InChI=1S/C29H33N3O2S/c1-16(2)32-25-12-19(5)21(13-23(25)20(6)15-29(32,7)8)14-24-26(33)30-28(35)31(27(24)34)22-10-17(3)9-18(4)11-22/h9-16H,1-8H3,(H,30,33,35)/b24-14+. The number of anilines is 2. The van der Waals surface area contributed by atoms with Crippen molar-refractivity contribution in [3.05, 3.63) is 69.8 Å². The van der Waals surface area contributed by atoms with Crippen LogP contribution in [0.4, 0.5) is 11.4 Å². The lowest BCUT2D eigenvalue weighted by molar-refractivity contribution is -0.122. The Morgan fingerprint density at radius 1 is 0.971 bits per heavy atom. The minimum absolute atomic E-state index is 0.0688. The normalized spacial score (nSPS) is 18.7. The second-order valence-electron chi connectivity index (χ2n) is 10.5. The molecular weight excluding hydrogens is 454 g/mol. The van der Waals surface area contributed by atoms with Gasteiger partial charge in [-0.15, -0.1) is 0 Å². The van der Waals surface area contributed by atoms with E-state index < -0.39 is 11.8 Å². The highest BCUT2D eigenvalue weighted by Crippen LogP contribution is 2.42. The van der Waals surface area contributed by atoms with Crippen molar-refractivity contribution in [2.45, 2.75) is 67.0 Å². The fraction of sp³-hybridized carbons (Fsp3) is 0.345. The Morgan fingerprint density at radius 3 is 2.20 bits per heavy atom. The van der Waals surface area contributed by atoms with Crippen molar-refractivity contribution >= 4 is 52.2 Å². The molecular formula is C29H33N3O2S. The molecule has 1 N–H and O–H groups in total. The second-order valence-corrected chi connectivity index (χ2v) is 10.9. The summed E-state index contributed by atoms with van der Waals surface area (Å²) in [6, 6.07) is 10.4. The van der Waals surface area contributed by atoms with Crippen molar-refractivity contribution in [2.24, 2.45) is 0 Å². The van der Waals surface area contributed by atoms with Crippen LogP contribution in [0.3, 0.4) is 0 Å². The number of fused-ring (bicyclic) bond motifs is 1. The summed E-state index contributed by atoms with van der Waals surface area (Å²) in [6.07, 6.45) is 3.97. The molecule has 2 amide bonds. The molecule has 2 aliphatic heterocycles. The molecule has 0 atom stereocenters. The van der Waals surface area contributed by atoms with E-state index in [9.17, 15) is 9.59 Å². The van der Waals surface area contributed by atoms with E-state index in [1.54, 1.807) is 6.08 Å². The van der Waals surface area contributed by atoms with Gasteiger partial charge in [0.25, 0.3) is 11.8 Å². The van der Waals surface area contributed by atoms with Gasteiger partial charge in [-0.2, -0.15) is 0 Å². The molecule has 0 radical (unpaired) electrons. The Balaban J connectivity index is 1.82. The quantitative estimate of drug-likeness (QED) is 0.335. The number of nitrogens with one attached hydrogen (secondary N) is 1. The maximum Gasteiger partial charge on any atom is 0.270 e. The summed E-state index contributed by atoms with van der Waals surface area (Å²) in [4.78, 5) is 30.3. The van der Waals surface area contributed by atoms with E-state index in [1.807, 2.05) is 39.0 Å². The number of hydrogen-bond acceptors (Lipinski definition) is 4. The van der Waals surface area contributed by atoms with E-state index in [0.29, 0.717) is 11.7 Å². The molecule has 2 aromatic carbocycles. The number of rotatable bonds is 3. The number of nitrogens with zero attached hydrogens (tertiary/aromatic N) is 2. The number of carbonyl (C=O) groups excluding carboxylic acids is 2. The third kappa shape index (κ3) is 4.43. The third-order valence-electron chi connectivity index (χ3n) is 6.64. The summed E-state index contributed by atoms with van der Waals surface area (Å²) in [5, 5.41) is 2.80. The first-order valence-electron chi connectivity index (χ1n) is 11.9. The molecule has 5 nitrogen and oxygen atoms in total. The Morgan fingerprint density at radius 2 is 1.60 bits per heavy atom. The molecule has 6 heteroatoms. The van der Waals surface area contributed by atoms with Gasteiger partial charge in [0.2, 0.25) is 0 Å². The molecule has 1 saturated heterocycles. The van der Waals surface area contributed by atoms with E-state index in [-0.39, 0.29) is 16.2 Å². The predicted molar refractivity (Wildman–Crippen MR) is 149 cm³/mol. The zero-order valence-electron chi connectivity index (χ0n) is 21.7. The van der Waals surface area contributed by atoms with E-state index in [2.05, 4.69) is 63.0 Å². The van der Waals surface area contributed by atoms with Gasteiger partial charge in [-0.1, -0.05) is 12.1 Å². The van der Waals surface area contributed by atoms with E-state index >= 15 is 0 Å². The first-order chi connectivity index (χ1) is 16.3. The molecule has 4 rings (SSSR count). The van der Waals surface area contributed by atoms with Crippen LogP contribution in [-0.4, -0.2) is 28.5 Å². The summed E-state index contributed by atoms with van der Waals surface area (Å²) in [7, 11) is 0. The Bertz CT molecular complexity index is 1310. The number of amides is 2. The molecule has 2 aromatic rings. The third-order valence-corrected chi connectivity index (χ3v) is 6.93. The van der Waals surface area contributed by atoms with E-state index in [4.69, 9.17) is 12.2 Å². The van der Waals surface area contributed by atoms with Crippen LogP contribution in [0, 0.1) is 20.8 Å². The maximum absolute atomic E-state index is 13.6. The number of aryl methyl sites for hydroxylation is 3. The molecule has 0 saturated carbocycles. The molecule has 0 unspecified atom stereocenters. The van der Waals surface area contributed by atoms with Crippen LogP contribution in [0.25, 0.3) is 11.6 Å². The molecule has 2 heterocycles. The smallest absolute Gasteiger partial charge is 0.270 e. The van der Waals surface area contributed by atoms with E-state index in [1.165, 1.54) is 16.2 Å². The van der Waals surface area contributed by atoms with Crippen LogP contribution in [-0.2, 0) is 9.59 Å². The van der Waals surface area contributed by atoms with Gasteiger partial charge in [0.15, 0.2) is 5.11 Å². The summed E-state index contributed by atoms with van der Waals surface area (Å²) >= 11 is 5.38. The van der Waals surface area contributed by atoms with Crippen molar-refractivity contribution in [3.63, 3.8) is 0 Å². The molecule has 0 aromatic heterocycles. The van der Waals surface area contributed by atoms with Crippen LogP contribution >= 0.6 is 12.2 Å². The lowest BCUT2D eigenvalue weighted by atomic mass is 9.85. The minimum Gasteiger partial charge on any atom is -0.360 e. The monoisotopic (exact) mass is 487 g/mol. The van der Waals surface area contributed by atoms with Crippen LogP contribution in [0.1, 0.15) is 62.4 Å². The maximum atomic E-state index is 13.6. The summed E-state index contributed by atoms with van der Waals surface area (Å²) in [6.45, 7) is 16.9. The van der Waals surface area contributed by atoms with Gasteiger partial charge in [-0.25, -0.2) is 0 Å². The van der Waals surface area contributed by atoms with Crippen LogP contribution in [0.2, 0.25) is 0 Å². The number of thiocarbonyl (C=S) groups is 1. The van der Waals surface area contributed by atoms with Crippen LogP contribution in [0.5, 0.6) is 0 Å². The van der Waals surface area contributed by atoms with Gasteiger partial charge in [-0.3, -0.25) is 19.8 Å². The highest BCUT2D eigenvalue weighted by atomic mass is 32.1. The van der Waals surface area contributed by atoms with Crippen LogP contribution in [0.15, 0.2) is 42.0 Å². The van der Waals surface area contributed by atoms with Gasteiger partial charge in [0.05, 0.1) is 11.2 Å². The highest BCUT2D eigenvalue weighted by Gasteiger charge is 2.36. The Kier molecular flexibility index (Phi) is 6.22.